The fourth-order valence-electron chi connectivity index (χ4n) is 3.74. The van der Waals surface area contributed by atoms with Gasteiger partial charge in [-0.25, -0.2) is 0 Å². The number of aryl methyl sites for hydroxylation is 1. The summed E-state index contributed by atoms with van der Waals surface area (Å²) >= 11 is 1.33. The van der Waals surface area contributed by atoms with Gasteiger partial charge < -0.3 is 5.32 Å². The van der Waals surface area contributed by atoms with Crippen LogP contribution in [0.4, 0.5) is 0 Å². The predicted octanol–water partition coefficient (Wildman–Crippen LogP) is 3.80. The quantitative estimate of drug-likeness (QED) is 0.414. The Bertz CT molecular complexity index is 1310. The van der Waals surface area contributed by atoms with Gasteiger partial charge in [-0.3, -0.25) is 18.6 Å². The van der Waals surface area contributed by atoms with E-state index in [1.165, 1.54) is 11.8 Å². The Balaban J connectivity index is 1.73. The smallest absolute Gasteiger partial charge is 0.263 e. The summed E-state index contributed by atoms with van der Waals surface area (Å²) in [4.78, 5) is 25.7. The van der Waals surface area contributed by atoms with Crippen LogP contribution in [-0.2, 0) is 11.3 Å². The first-order valence-corrected chi connectivity index (χ1v) is 11.8. The number of nitrogens with one attached hydrogen (secondary N) is 1. The summed E-state index contributed by atoms with van der Waals surface area (Å²) < 4.78 is 3.52. The molecule has 0 saturated heterocycles. The van der Waals surface area contributed by atoms with Crippen LogP contribution in [0, 0.1) is 6.92 Å². The third kappa shape index (κ3) is 4.41. The summed E-state index contributed by atoms with van der Waals surface area (Å²) in [6.07, 6.45) is 1.80. The van der Waals surface area contributed by atoms with Gasteiger partial charge in [-0.2, -0.15) is 0 Å². The number of carbonyl (C=O) groups excluding carboxylic acids is 1. The number of para-hydroxylation sites is 1. The van der Waals surface area contributed by atoms with E-state index in [0.29, 0.717) is 22.9 Å². The summed E-state index contributed by atoms with van der Waals surface area (Å²) in [6.45, 7) is 6.55. The molecule has 0 saturated carbocycles. The van der Waals surface area contributed by atoms with E-state index in [0.717, 1.165) is 29.5 Å². The molecular formula is C24H27N5O2S. The van der Waals surface area contributed by atoms with Gasteiger partial charge in [-0.15, -0.1) is 10.2 Å². The third-order valence-electron chi connectivity index (χ3n) is 5.62. The highest BCUT2D eigenvalue weighted by atomic mass is 32.2. The molecule has 0 unspecified atom stereocenters. The fourth-order valence-corrected chi connectivity index (χ4v) is 4.49. The second kappa shape index (κ2) is 9.56. The number of carbonyl (C=O) groups is 1. The highest BCUT2D eigenvalue weighted by molar-refractivity contribution is 7.99. The largest absolute Gasteiger partial charge is 0.353 e. The van der Waals surface area contributed by atoms with Crippen LogP contribution in [0.15, 0.2) is 58.5 Å². The molecule has 0 radical (unpaired) electrons. The van der Waals surface area contributed by atoms with E-state index in [9.17, 15) is 9.59 Å². The number of hydrogen-bond acceptors (Lipinski definition) is 5. The van der Waals surface area contributed by atoms with Crippen molar-refractivity contribution in [1.29, 1.82) is 0 Å². The van der Waals surface area contributed by atoms with Crippen molar-refractivity contribution >= 4 is 34.3 Å². The molecule has 4 rings (SSSR count). The number of amides is 1. The van der Waals surface area contributed by atoms with E-state index in [2.05, 4.69) is 29.4 Å². The first-order valence-electron chi connectivity index (χ1n) is 10.9. The lowest BCUT2D eigenvalue weighted by atomic mass is 10.1. The minimum Gasteiger partial charge on any atom is -0.353 e. The minimum atomic E-state index is -0.107. The Hall–Kier alpha value is -3.13. The SMILES string of the molecule is CCC(CC)NC(=O)CSc1nnc2n(Cc3ccc(C)cc3)c(=O)c3ccccc3n12. The van der Waals surface area contributed by atoms with Crippen molar-refractivity contribution in [3.8, 4) is 0 Å². The average Bonchev–Trinajstić information content (AvgIpc) is 3.24. The molecule has 2 aromatic carbocycles. The lowest BCUT2D eigenvalue weighted by molar-refractivity contribution is -0.119. The van der Waals surface area contributed by atoms with Crippen LogP contribution < -0.4 is 10.9 Å². The molecule has 1 N–H and O–H groups in total. The second-order valence-corrected chi connectivity index (χ2v) is 8.82. The van der Waals surface area contributed by atoms with E-state index in [1.54, 1.807) is 4.57 Å². The highest BCUT2D eigenvalue weighted by Gasteiger charge is 2.18. The first kappa shape index (κ1) is 22.1. The Morgan fingerprint density at radius 2 is 1.78 bits per heavy atom. The number of aromatic nitrogens is 4. The molecule has 7 nitrogen and oxygen atoms in total. The van der Waals surface area contributed by atoms with Gasteiger partial charge in [-0.1, -0.05) is 67.6 Å². The standard InChI is InChI=1S/C24H27N5O2S/c1-4-18(5-2)25-21(30)15-32-24-27-26-23-28(14-17-12-10-16(3)11-13-17)22(31)19-8-6-7-9-20(19)29(23)24/h6-13,18H,4-5,14-15H2,1-3H3,(H,25,30). The number of hydrogen-bond donors (Lipinski definition) is 1. The molecule has 0 aliphatic heterocycles. The number of nitrogens with zero attached hydrogens (tertiary/aromatic N) is 4. The van der Waals surface area contributed by atoms with E-state index in [4.69, 9.17) is 0 Å². The molecule has 4 aromatic rings. The molecule has 0 aliphatic carbocycles. The van der Waals surface area contributed by atoms with Crippen molar-refractivity contribution in [2.75, 3.05) is 5.75 Å². The van der Waals surface area contributed by atoms with Gasteiger partial charge in [0.1, 0.15) is 0 Å². The Morgan fingerprint density at radius 3 is 2.50 bits per heavy atom. The Labute approximate surface area is 190 Å². The third-order valence-corrected chi connectivity index (χ3v) is 6.55. The zero-order valence-corrected chi connectivity index (χ0v) is 19.4. The Morgan fingerprint density at radius 1 is 1.06 bits per heavy atom. The molecule has 0 fully saturated rings. The number of benzene rings is 2. The van der Waals surface area contributed by atoms with E-state index >= 15 is 0 Å². The summed E-state index contributed by atoms with van der Waals surface area (Å²) in [5, 5.41) is 12.9. The molecule has 2 aromatic heterocycles. The second-order valence-electron chi connectivity index (χ2n) is 7.88. The van der Waals surface area contributed by atoms with Crippen molar-refractivity contribution in [1.82, 2.24) is 24.5 Å². The van der Waals surface area contributed by atoms with Crippen LogP contribution in [-0.4, -0.2) is 36.9 Å². The van der Waals surface area contributed by atoms with Crippen LogP contribution in [0.3, 0.4) is 0 Å². The first-order chi connectivity index (χ1) is 15.5. The molecule has 0 aliphatic rings. The van der Waals surface area contributed by atoms with Crippen molar-refractivity contribution in [2.45, 2.75) is 51.4 Å². The summed E-state index contributed by atoms with van der Waals surface area (Å²) in [5.41, 5.74) is 2.80. The number of thioether (sulfide) groups is 1. The molecule has 0 spiro atoms. The van der Waals surface area contributed by atoms with Crippen LogP contribution in [0.2, 0.25) is 0 Å². The maximum Gasteiger partial charge on any atom is 0.263 e. The Kier molecular flexibility index (Phi) is 6.60. The number of fused-ring (bicyclic) bond motifs is 3. The van der Waals surface area contributed by atoms with Gasteiger partial charge in [0.25, 0.3) is 5.56 Å². The van der Waals surface area contributed by atoms with Crippen molar-refractivity contribution < 1.29 is 4.79 Å². The van der Waals surface area contributed by atoms with Crippen LogP contribution in [0.25, 0.3) is 16.7 Å². The lowest BCUT2D eigenvalue weighted by Gasteiger charge is -2.14. The molecule has 0 bridgehead atoms. The van der Waals surface area contributed by atoms with Crippen LogP contribution in [0.5, 0.6) is 0 Å². The normalized spacial score (nSPS) is 11.5. The zero-order valence-electron chi connectivity index (χ0n) is 18.5. The van der Waals surface area contributed by atoms with Crippen molar-refractivity contribution in [3.63, 3.8) is 0 Å². The van der Waals surface area contributed by atoms with Crippen LogP contribution in [0.1, 0.15) is 37.8 Å². The van der Waals surface area contributed by atoms with Gasteiger partial charge in [-0.05, 0) is 37.5 Å². The summed E-state index contributed by atoms with van der Waals surface area (Å²) in [6, 6.07) is 15.7. The molecule has 1 amide bonds. The molecular weight excluding hydrogens is 422 g/mol. The highest BCUT2D eigenvalue weighted by Crippen LogP contribution is 2.22. The summed E-state index contributed by atoms with van der Waals surface area (Å²) in [5.74, 6) is 0.679. The molecule has 2 heterocycles. The maximum absolute atomic E-state index is 13.3. The van der Waals surface area contributed by atoms with Gasteiger partial charge in [0, 0.05) is 6.04 Å². The minimum absolute atomic E-state index is 0.0299. The van der Waals surface area contributed by atoms with E-state index in [-0.39, 0.29) is 23.3 Å². The van der Waals surface area contributed by atoms with Crippen molar-refractivity contribution in [2.24, 2.45) is 0 Å². The zero-order chi connectivity index (χ0) is 22.7. The maximum atomic E-state index is 13.3. The molecule has 0 atom stereocenters. The van der Waals surface area contributed by atoms with E-state index < -0.39 is 0 Å². The topological polar surface area (TPSA) is 81.3 Å². The fraction of sp³-hybridized carbons (Fsp3) is 0.333. The van der Waals surface area contributed by atoms with Gasteiger partial charge in [0.2, 0.25) is 11.7 Å². The average molecular weight is 450 g/mol. The van der Waals surface area contributed by atoms with Crippen LogP contribution >= 0.6 is 11.8 Å². The monoisotopic (exact) mass is 449 g/mol. The van der Waals surface area contributed by atoms with Crippen molar-refractivity contribution in [3.05, 3.63) is 70.0 Å². The van der Waals surface area contributed by atoms with E-state index in [1.807, 2.05) is 59.9 Å². The number of rotatable bonds is 8. The lowest BCUT2D eigenvalue weighted by Crippen LogP contribution is -2.35. The van der Waals surface area contributed by atoms with Gasteiger partial charge in [0.15, 0.2) is 5.16 Å². The molecule has 8 heteroatoms. The van der Waals surface area contributed by atoms with Gasteiger partial charge >= 0.3 is 0 Å². The predicted molar refractivity (Wildman–Crippen MR) is 128 cm³/mol. The molecule has 166 valence electrons. The van der Waals surface area contributed by atoms with Gasteiger partial charge in [0.05, 0.1) is 23.2 Å². The molecule has 32 heavy (non-hydrogen) atoms. The summed E-state index contributed by atoms with van der Waals surface area (Å²) in [7, 11) is 0.